The fourth-order valence-corrected chi connectivity index (χ4v) is 7.20. The molecule has 0 saturated heterocycles. The predicted molar refractivity (Wildman–Crippen MR) is 123 cm³/mol. The molecular weight excluding hydrogens is 447 g/mol. The summed E-state index contributed by atoms with van der Waals surface area (Å²) in [5.41, 5.74) is 0. The summed E-state index contributed by atoms with van der Waals surface area (Å²) in [4.78, 5) is 0. The normalized spacial score (nSPS) is 33.0. The Morgan fingerprint density at radius 3 is 1.56 bits per heavy atom. The van der Waals surface area contributed by atoms with Crippen molar-refractivity contribution >= 4 is 0 Å². The second-order valence-electron chi connectivity index (χ2n) is 11.2. The number of halogens is 5. The first kappa shape index (κ1) is 25.8. The molecule has 192 valence electrons. The van der Waals surface area contributed by atoms with Crippen molar-refractivity contribution in [3.8, 4) is 5.75 Å². The molecule has 0 N–H and O–H groups in total. The van der Waals surface area contributed by atoms with E-state index in [0.717, 1.165) is 30.6 Å². The number of hydrogen-bond donors (Lipinski definition) is 0. The summed E-state index contributed by atoms with van der Waals surface area (Å²) in [5.74, 6) is -2.62. The molecule has 1 aromatic rings. The van der Waals surface area contributed by atoms with Crippen molar-refractivity contribution in [3.05, 3.63) is 29.6 Å². The molecule has 1 nitrogen and oxygen atoms in total. The molecule has 0 bridgehead atoms. The van der Waals surface area contributed by atoms with E-state index in [1.807, 2.05) is 0 Å². The average Bonchev–Trinajstić information content (AvgIpc) is 2.83. The molecule has 3 aliphatic carbocycles. The lowest BCUT2D eigenvalue weighted by molar-refractivity contribution is -0.224. The molecule has 34 heavy (non-hydrogen) atoms. The third-order valence-electron chi connectivity index (χ3n) is 9.20. The van der Waals surface area contributed by atoms with E-state index in [0.29, 0.717) is 36.8 Å². The zero-order chi connectivity index (χ0) is 24.3. The van der Waals surface area contributed by atoms with E-state index in [1.54, 1.807) is 0 Å². The van der Waals surface area contributed by atoms with Crippen LogP contribution in [0.15, 0.2) is 12.1 Å². The van der Waals surface area contributed by atoms with Crippen LogP contribution >= 0.6 is 0 Å². The van der Waals surface area contributed by atoms with E-state index in [2.05, 4.69) is 11.7 Å². The Hall–Kier alpha value is -1.33. The zero-order valence-corrected chi connectivity index (χ0v) is 20.3. The summed E-state index contributed by atoms with van der Waals surface area (Å²) < 4.78 is 73.9. The quantitative estimate of drug-likeness (QED) is 0.276. The molecule has 0 amide bonds. The minimum atomic E-state index is -3.53. The smallest absolute Gasteiger partial charge is 0.400 e. The lowest BCUT2D eigenvalue weighted by Gasteiger charge is -2.42. The van der Waals surface area contributed by atoms with Gasteiger partial charge in [0.1, 0.15) is 5.75 Å². The van der Waals surface area contributed by atoms with Crippen LogP contribution in [0.1, 0.15) is 96.8 Å². The summed E-state index contributed by atoms with van der Waals surface area (Å²) in [5, 5.41) is 0. The van der Waals surface area contributed by atoms with Gasteiger partial charge in [0, 0.05) is 12.1 Å². The van der Waals surface area contributed by atoms with Crippen molar-refractivity contribution in [1.82, 2.24) is 0 Å². The van der Waals surface area contributed by atoms with E-state index in [1.165, 1.54) is 64.2 Å². The van der Waals surface area contributed by atoms with Crippen molar-refractivity contribution in [3.63, 3.8) is 0 Å². The fourth-order valence-electron chi connectivity index (χ4n) is 7.20. The van der Waals surface area contributed by atoms with Gasteiger partial charge in [-0.15, -0.1) is 0 Å². The number of rotatable bonds is 7. The Morgan fingerprint density at radius 1 is 0.706 bits per heavy atom. The van der Waals surface area contributed by atoms with E-state index < -0.39 is 35.2 Å². The molecule has 3 saturated carbocycles. The molecule has 0 unspecified atom stereocenters. The first-order valence-corrected chi connectivity index (χ1v) is 13.5. The van der Waals surface area contributed by atoms with E-state index in [9.17, 15) is 22.0 Å². The molecule has 1 aromatic carbocycles. The van der Waals surface area contributed by atoms with Gasteiger partial charge in [-0.05, 0) is 93.8 Å². The van der Waals surface area contributed by atoms with Gasteiger partial charge in [0.25, 0.3) is 0 Å². The Labute approximate surface area is 200 Å². The van der Waals surface area contributed by atoms with Crippen LogP contribution < -0.4 is 4.74 Å². The van der Waals surface area contributed by atoms with Gasteiger partial charge >= 0.3 is 6.11 Å². The van der Waals surface area contributed by atoms with Crippen molar-refractivity contribution in [2.24, 2.45) is 35.5 Å². The Morgan fingerprint density at radius 2 is 1.12 bits per heavy atom. The SMILES string of the molecule is CCCC1CCC(C2CCC(C3CCC(C(F)(F)Oc4cc(F)c(F)c(F)c4)CC3)CC2)CC1. The summed E-state index contributed by atoms with van der Waals surface area (Å²) >= 11 is 0. The van der Waals surface area contributed by atoms with Crippen molar-refractivity contribution in [2.45, 2.75) is 103 Å². The topological polar surface area (TPSA) is 9.23 Å². The second-order valence-corrected chi connectivity index (χ2v) is 11.2. The summed E-state index contributed by atoms with van der Waals surface area (Å²) in [6.45, 7) is 2.28. The van der Waals surface area contributed by atoms with Crippen molar-refractivity contribution in [2.75, 3.05) is 0 Å². The number of alkyl halides is 2. The Kier molecular flexibility index (Phi) is 8.45. The summed E-state index contributed by atoms with van der Waals surface area (Å²) in [7, 11) is 0. The zero-order valence-electron chi connectivity index (χ0n) is 20.3. The first-order valence-electron chi connectivity index (χ1n) is 13.5. The Balaban J connectivity index is 1.22. The van der Waals surface area contributed by atoms with Crippen molar-refractivity contribution < 1.29 is 26.7 Å². The highest BCUT2D eigenvalue weighted by atomic mass is 19.3. The monoisotopic (exact) mass is 486 g/mol. The second kappa shape index (κ2) is 11.2. The lowest BCUT2D eigenvalue weighted by Crippen LogP contribution is -2.38. The van der Waals surface area contributed by atoms with Gasteiger partial charge in [0.15, 0.2) is 17.5 Å². The van der Waals surface area contributed by atoms with Gasteiger partial charge in [0.05, 0.1) is 5.92 Å². The van der Waals surface area contributed by atoms with Crippen LogP contribution in [0.25, 0.3) is 0 Å². The van der Waals surface area contributed by atoms with Crippen LogP contribution in [0, 0.1) is 53.0 Å². The van der Waals surface area contributed by atoms with Gasteiger partial charge in [-0.25, -0.2) is 13.2 Å². The third kappa shape index (κ3) is 6.07. The van der Waals surface area contributed by atoms with Crippen LogP contribution in [0.4, 0.5) is 22.0 Å². The molecule has 0 spiro atoms. The van der Waals surface area contributed by atoms with Gasteiger partial charge in [-0.1, -0.05) is 32.6 Å². The molecule has 3 fully saturated rings. The predicted octanol–water partition coefficient (Wildman–Crippen LogP) is 9.29. The number of hydrogen-bond acceptors (Lipinski definition) is 1. The van der Waals surface area contributed by atoms with Gasteiger partial charge in [0.2, 0.25) is 0 Å². The Bertz CT molecular complexity index is 765. The maximum Gasteiger partial charge on any atom is 0.400 e. The highest BCUT2D eigenvalue weighted by Gasteiger charge is 2.45. The molecule has 0 heterocycles. The van der Waals surface area contributed by atoms with Gasteiger partial charge < -0.3 is 4.74 Å². The summed E-state index contributed by atoms with van der Waals surface area (Å²) in [6.07, 6.45) is 11.9. The van der Waals surface area contributed by atoms with E-state index in [-0.39, 0.29) is 0 Å². The van der Waals surface area contributed by atoms with E-state index in [4.69, 9.17) is 0 Å². The third-order valence-corrected chi connectivity index (χ3v) is 9.20. The maximum absolute atomic E-state index is 14.7. The van der Waals surface area contributed by atoms with Crippen LogP contribution in [0.5, 0.6) is 5.75 Å². The molecular formula is C28H39F5O. The molecule has 6 heteroatoms. The molecule has 0 radical (unpaired) electrons. The summed E-state index contributed by atoms with van der Waals surface area (Å²) in [6, 6.07) is 0.958. The molecule has 4 rings (SSSR count). The standard InChI is InChI=1S/C28H39F5O/c1-2-3-18-4-6-19(7-5-18)20-8-10-21(11-9-20)22-12-14-23(15-13-22)28(32,33)34-24-16-25(29)27(31)26(30)17-24/h16-23H,2-15H2,1H3. The van der Waals surface area contributed by atoms with E-state index >= 15 is 0 Å². The van der Waals surface area contributed by atoms with Crippen LogP contribution in [0.2, 0.25) is 0 Å². The first-order chi connectivity index (χ1) is 16.3. The molecule has 0 aliphatic heterocycles. The van der Waals surface area contributed by atoms with Crippen LogP contribution in [-0.4, -0.2) is 6.11 Å². The fraction of sp³-hybridized carbons (Fsp3) is 0.786. The van der Waals surface area contributed by atoms with Crippen LogP contribution in [0.3, 0.4) is 0 Å². The molecule has 3 aliphatic rings. The van der Waals surface area contributed by atoms with Gasteiger partial charge in [-0.3, -0.25) is 0 Å². The van der Waals surface area contributed by atoms with Crippen LogP contribution in [-0.2, 0) is 0 Å². The number of ether oxygens (including phenoxy) is 1. The molecule has 0 atom stereocenters. The van der Waals surface area contributed by atoms with Gasteiger partial charge in [-0.2, -0.15) is 8.78 Å². The number of benzene rings is 1. The average molecular weight is 487 g/mol. The highest BCUT2D eigenvalue weighted by Crippen LogP contribution is 2.48. The maximum atomic E-state index is 14.7. The minimum absolute atomic E-state index is 0.338. The minimum Gasteiger partial charge on any atom is -0.432 e. The largest absolute Gasteiger partial charge is 0.432 e. The highest BCUT2D eigenvalue weighted by molar-refractivity contribution is 5.25. The lowest BCUT2D eigenvalue weighted by atomic mass is 9.65. The molecule has 0 aromatic heterocycles. The van der Waals surface area contributed by atoms with Crippen molar-refractivity contribution in [1.29, 1.82) is 0 Å².